The number of aryl methyl sites for hydroxylation is 1. The Morgan fingerprint density at radius 3 is 2.46 bits per heavy atom. The molecule has 5 rings (SSSR count). The van der Waals surface area contributed by atoms with E-state index in [0.717, 1.165) is 54.3 Å². The Kier molecular flexibility index (Phi) is 7.47. The lowest BCUT2D eigenvalue weighted by molar-refractivity contribution is 0.0730. The normalized spacial score (nSPS) is 17.1. The first-order valence-electron chi connectivity index (χ1n) is 12.3. The molecule has 2 aliphatic rings. The third-order valence-corrected chi connectivity index (χ3v) is 8.82. The lowest BCUT2D eigenvalue weighted by Gasteiger charge is -2.28. The number of nitrogens with one attached hydrogen (secondary N) is 1. The molecule has 0 atom stereocenters. The lowest BCUT2D eigenvalue weighted by Crippen LogP contribution is -2.40. The summed E-state index contributed by atoms with van der Waals surface area (Å²) in [7, 11) is -3.64. The maximum atomic E-state index is 13.5. The Balaban J connectivity index is 1.52. The summed E-state index contributed by atoms with van der Waals surface area (Å²) in [6.45, 7) is 7.45. The van der Waals surface area contributed by atoms with Gasteiger partial charge in [-0.1, -0.05) is 11.6 Å². The van der Waals surface area contributed by atoms with Gasteiger partial charge in [0.2, 0.25) is 10.0 Å². The van der Waals surface area contributed by atoms with Crippen LogP contribution in [-0.2, 0) is 14.8 Å². The molecule has 0 aliphatic carbocycles. The molecule has 2 aliphatic heterocycles. The van der Waals surface area contributed by atoms with E-state index in [4.69, 9.17) is 16.3 Å². The van der Waals surface area contributed by atoms with Crippen molar-refractivity contribution in [3.8, 4) is 5.69 Å². The number of ether oxygens (including phenoxy) is 1. The molecular formula is C25H30ClN7O3S. The Morgan fingerprint density at radius 1 is 1.00 bits per heavy atom. The molecule has 0 spiro atoms. The van der Waals surface area contributed by atoms with E-state index in [2.05, 4.69) is 30.2 Å². The SMILES string of the molecule is Cc1cc(/C=N/Nc2ccc(Cl)nn2)c(C)n1-c1cc(S(=O)(=O)N2CCOCC2)ccc1N1CCCC1. The van der Waals surface area contributed by atoms with Gasteiger partial charge in [0.25, 0.3) is 0 Å². The van der Waals surface area contributed by atoms with E-state index in [9.17, 15) is 8.42 Å². The van der Waals surface area contributed by atoms with Gasteiger partial charge in [0.1, 0.15) is 0 Å². The fraction of sp³-hybridized carbons (Fsp3) is 0.400. The summed E-state index contributed by atoms with van der Waals surface area (Å²) < 4.78 is 35.9. The van der Waals surface area contributed by atoms with Crippen molar-refractivity contribution in [1.29, 1.82) is 0 Å². The van der Waals surface area contributed by atoms with Crippen molar-refractivity contribution < 1.29 is 13.2 Å². The number of halogens is 1. The number of hydrazone groups is 1. The first-order valence-corrected chi connectivity index (χ1v) is 14.1. The summed E-state index contributed by atoms with van der Waals surface area (Å²) >= 11 is 5.79. The van der Waals surface area contributed by atoms with Gasteiger partial charge in [0.05, 0.1) is 35.7 Å². The third-order valence-electron chi connectivity index (χ3n) is 6.73. The monoisotopic (exact) mass is 543 g/mol. The molecule has 2 fully saturated rings. The van der Waals surface area contributed by atoms with Gasteiger partial charge in [0.15, 0.2) is 11.0 Å². The molecule has 1 N–H and O–H groups in total. The molecule has 37 heavy (non-hydrogen) atoms. The van der Waals surface area contributed by atoms with E-state index in [1.807, 2.05) is 26.0 Å². The molecule has 0 bridgehead atoms. The fourth-order valence-corrected chi connectivity index (χ4v) is 6.37. The zero-order valence-corrected chi connectivity index (χ0v) is 22.5. The average Bonchev–Trinajstić information content (AvgIpc) is 3.53. The van der Waals surface area contributed by atoms with Crippen molar-refractivity contribution in [2.45, 2.75) is 31.6 Å². The predicted octanol–water partition coefficient (Wildman–Crippen LogP) is 3.60. The highest BCUT2D eigenvalue weighted by Gasteiger charge is 2.28. The molecule has 196 valence electrons. The van der Waals surface area contributed by atoms with Crippen LogP contribution in [-0.4, -0.2) is 73.1 Å². The van der Waals surface area contributed by atoms with E-state index in [0.29, 0.717) is 37.3 Å². The van der Waals surface area contributed by atoms with Crippen molar-refractivity contribution in [3.63, 3.8) is 0 Å². The highest BCUT2D eigenvalue weighted by atomic mass is 35.5. The second kappa shape index (κ2) is 10.8. The van der Waals surface area contributed by atoms with E-state index in [-0.39, 0.29) is 4.90 Å². The molecule has 4 heterocycles. The molecule has 2 saturated heterocycles. The highest BCUT2D eigenvalue weighted by molar-refractivity contribution is 7.89. The van der Waals surface area contributed by atoms with Crippen LogP contribution in [0.1, 0.15) is 29.8 Å². The maximum absolute atomic E-state index is 13.5. The van der Waals surface area contributed by atoms with Crippen LogP contribution in [0.15, 0.2) is 46.4 Å². The van der Waals surface area contributed by atoms with E-state index in [1.165, 1.54) is 4.31 Å². The number of hydrogen-bond acceptors (Lipinski definition) is 8. The highest BCUT2D eigenvalue weighted by Crippen LogP contribution is 2.34. The van der Waals surface area contributed by atoms with Crippen LogP contribution in [0.5, 0.6) is 0 Å². The summed E-state index contributed by atoms with van der Waals surface area (Å²) in [5.74, 6) is 0.479. The number of morpholine rings is 1. The van der Waals surface area contributed by atoms with E-state index in [1.54, 1.807) is 30.5 Å². The molecular weight excluding hydrogens is 514 g/mol. The minimum Gasteiger partial charge on any atom is -0.379 e. The summed E-state index contributed by atoms with van der Waals surface area (Å²) in [5.41, 5.74) is 7.57. The maximum Gasteiger partial charge on any atom is 0.243 e. The average molecular weight is 544 g/mol. The second-order valence-corrected chi connectivity index (χ2v) is 11.5. The van der Waals surface area contributed by atoms with Crippen LogP contribution in [0.4, 0.5) is 11.5 Å². The number of benzene rings is 1. The molecule has 0 saturated carbocycles. The Hall–Kier alpha value is -2.99. The van der Waals surface area contributed by atoms with Gasteiger partial charge in [-0.15, -0.1) is 10.2 Å². The predicted molar refractivity (Wildman–Crippen MR) is 145 cm³/mol. The summed E-state index contributed by atoms with van der Waals surface area (Å²) in [4.78, 5) is 2.62. The van der Waals surface area contributed by atoms with Crippen molar-refractivity contribution in [2.24, 2.45) is 5.10 Å². The Morgan fingerprint density at radius 2 is 1.76 bits per heavy atom. The van der Waals surface area contributed by atoms with E-state index < -0.39 is 10.0 Å². The number of anilines is 2. The Bertz CT molecular complexity index is 1390. The van der Waals surface area contributed by atoms with Crippen molar-refractivity contribution in [1.82, 2.24) is 19.1 Å². The summed E-state index contributed by atoms with van der Waals surface area (Å²) in [6, 6.07) is 10.8. The van der Waals surface area contributed by atoms with Gasteiger partial charge in [0, 0.05) is 43.1 Å². The van der Waals surface area contributed by atoms with Crippen molar-refractivity contribution in [3.05, 3.63) is 58.5 Å². The van der Waals surface area contributed by atoms with Crippen LogP contribution in [0.2, 0.25) is 5.15 Å². The van der Waals surface area contributed by atoms with Crippen LogP contribution < -0.4 is 10.3 Å². The first kappa shape index (κ1) is 25.7. The fourth-order valence-electron chi connectivity index (χ4n) is 4.84. The Labute approximate surface area is 221 Å². The largest absolute Gasteiger partial charge is 0.379 e. The van der Waals surface area contributed by atoms with Crippen molar-refractivity contribution in [2.75, 3.05) is 49.7 Å². The minimum atomic E-state index is -3.64. The number of nitrogens with zero attached hydrogens (tertiary/aromatic N) is 6. The molecule has 0 amide bonds. The van der Waals surface area contributed by atoms with Gasteiger partial charge >= 0.3 is 0 Å². The van der Waals surface area contributed by atoms with Gasteiger partial charge < -0.3 is 14.2 Å². The van der Waals surface area contributed by atoms with Crippen LogP contribution in [0.3, 0.4) is 0 Å². The standard InChI is InChI=1S/C25H30ClN7O3S/c1-18-15-20(17-27-29-25-8-7-24(26)28-30-25)19(2)33(18)23-16-21(5-6-22(23)31-9-3-4-10-31)37(34,35)32-11-13-36-14-12-32/h5-8,15-17H,3-4,9-14H2,1-2H3,(H,29,30)/b27-17+. The minimum absolute atomic E-state index is 0.290. The zero-order valence-electron chi connectivity index (χ0n) is 20.9. The third kappa shape index (κ3) is 5.35. The topological polar surface area (TPSA) is 105 Å². The number of rotatable bonds is 7. The molecule has 2 aromatic heterocycles. The van der Waals surface area contributed by atoms with Gasteiger partial charge in [-0.05, 0) is 63.1 Å². The van der Waals surface area contributed by atoms with Crippen molar-refractivity contribution >= 4 is 39.3 Å². The molecule has 3 aromatic rings. The van der Waals surface area contributed by atoms with Crippen LogP contribution in [0.25, 0.3) is 5.69 Å². The second-order valence-electron chi connectivity index (χ2n) is 9.13. The van der Waals surface area contributed by atoms with E-state index >= 15 is 0 Å². The number of aromatic nitrogens is 3. The van der Waals surface area contributed by atoms with Gasteiger partial charge in [-0.25, -0.2) is 8.42 Å². The van der Waals surface area contributed by atoms with Gasteiger partial charge in [-0.3, -0.25) is 5.43 Å². The molecule has 12 heteroatoms. The molecule has 0 unspecified atom stereocenters. The molecule has 1 aromatic carbocycles. The van der Waals surface area contributed by atoms with Crippen LogP contribution >= 0.6 is 11.6 Å². The first-order chi connectivity index (χ1) is 17.8. The molecule has 0 radical (unpaired) electrons. The lowest BCUT2D eigenvalue weighted by atomic mass is 10.2. The van der Waals surface area contributed by atoms with Gasteiger partial charge in [-0.2, -0.15) is 9.41 Å². The summed E-state index contributed by atoms with van der Waals surface area (Å²) in [6.07, 6.45) is 3.96. The zero-order chi connectivity index (χ0) is 26.0. The molecule has 10 nitrogen and oxygen atoms in total. The summed E-state index contributed by atoms with van der Waals surface area (Å²) in [5, 5.41) is 12.4. The number of sulfonamides is 1. The number of hydrogen-bond donors (Lipinski definition) is 1. The van der Waals surface area contributed by atoms with Crippen LogP contribution in [0, 0.1) is 13.8 Å². The smallest absolute Gasteiger partial charge is 0.243 e. The quantitative estimate of drug-likeness (QED) is 0.358.